The van der Waals surface area contributed by atoms with E-state index in [1.165, 1.54) is 12.1 Å². The first-order valence-electron chi connectivity index (χ1n) is 4.63. The molecule has 1 N–H and O–H groups in total. The number of benzene rings is 1. The fourth-order valence-corrected chi connectivity index (χ4v) is 1.19. The van der Waals surface area contributed by atoms with Crippen molar-refractivity contribution in [1.82, 2.24) is 0 Å². The molecule has 0 amide bonds. The lowest BCUT2D eigenvalue weighted by Gasteiger charge is -2.06. The lowest BCUT2D eigenvalue weighted by Crippen LogP contribution is -2.13. The normalized spacial score (nSPS) is 11.9. The largest absolute Gasteiger partial charge is 0.478 e. The third-order valence-corrected chi connectivity index (χ3v) is 2.42. The van der Waals surface area contributed by atoms with Crippen molar-refractivity contribution < 1.29 is 19.4 Å². The summed E-state index contributed by atoms with van der Waals surface area (Å²) in [5.41, 5.74) is 0.993. The molecule has 0 spiro atoms. The molecular weight excluding hydrogens is 323 g/mol. The summed E-state index contributed by atoms with van der Waals surface area (Å²) in [6.45, 7) is 1.92. The van der Waals surface area contributed by atoms with Crippen LogP contribution in [0.5, 0.6) is 0 Å². The van der Waals surface area contributed by atoms with Crippen LogP contribution in [0.3, 0.4) is 0 Å². The van der Waals surface area contributed by atoms with Gasteiger partial charge in [0.05, 0.1) is 5.56 Å². The van der Waals surface area contributed by atoms with Crippen LogP contribution in [0.15, 0.2) is 24.3 Å². The monoisotopic (exact) mass is 334 g/mol. The Kier molecular flexibility index (Phi) is 4.72. The molecule has 0 aliphatic rings. The number of hydrogen-bond donors (Lipinski definition) is 1. The molecule has 0 radical (unpaired) electrons. The average Bonchev–Trinajstić information content (AvgIpc) is 2.26. The van der Waals surface area contributed by atoms with E-state index in [4.69, 9.17) is 9.84 Å². The maximum absolute atomic E-state index is 11.2. The third-order valence-electron chi connectivity index (χ3n) is 1.91. The highest BCUT2D eigenvalue weighted by Crippen LogP contribution is 2.08. The van der Waals surface area contributed by atoms with Crippen molar-refractivity contribution in [2.45, 2.75) is 17.5 Å². The molecule has 0 aliphatic carbocycles. The van der Waals surface area contributed by atoms with Crippen LogP contribution < -0.4 is 0 Å². The molecule has 1 aromatic rings. The molecule has 1 aromatic carbocycles. The first kappa shape index (κ1) is 13.0. The van der Waals surface area contributed by atoms with Crippen LogP contribution in [-0.2, 0) is 16.1 Å². The van der Waals surface area contributed by atoms with Crippen molar-refractivity contribution in [3.05, 3.63) is 35.4 Å². The lowest BCUT2D eigenvalue weighted by atomic mass is 10.1. The number of alkyl halides is 1. The van der Waals surface area contributed by atoms with Crippen molar-refractivity contribution in [3.8, 4) is 0 Å². The van der Waals surface area contributed by atoms with E-state index in [-0.39, 0.29) is 22.1 Å². The molecule has 16 heavy (non-hydrogen) atoms. The summed E-state index contributed by atoms with van der Waals surface area (Å²) in [5.74, 6) is -1.24. The van der Waals surface area contributed by atoms with Crippen LogP contribution in [0, 0.1) is 0 Å². The van der Waals surface area contributed by atoms with E-state index in [0.717, 1.165) is 5.56 Å². The second kappa shape index (κ2) is 5.83. The van der Waals surface area contributed by atoms with Gasteiger partial charge in [-0.2, -0.15) is 0 Å². The Bertz CT molecular complexity index is 383. The number of rotatable bonds is 4. The van der Waals surface area contributed by atoms with Crippen molar-refractivity contribution in [3.63, 3.8) is 0 Å². The van der Waals surface area contributed by atoms with Gasteiger partial charge >= 0.3 is 11.9 Å². The smallest absolute Gasteiger partial charge is 0.335 e. The lowest BCUT2D eigenvalue weighted by molar-refractivity contribution is -0.143. The third kappa shape index (κ3) is 3.80. The van der Waals surface area contributed by atoms with E-state index in [1.54, 1.807) is 19.1 Å². The highest BCUT2D eigenvalue weighted by atomic mass is 127. The molecule has 0 bridgehead atoms. The average molecular weight is 334 g/mol. The van der Waals surface area contributed by atoms with Crippen LogP contribution in [0.2, 0.25) is 0 Å². The van der Waals surface area contributed by atoms with Crippen molar-refractivity contribution in [1.29, 1.82) is 0 Å². The van der Waals surface area contributed by atoms with Crippen LogP contribution in [0.1, 0.15) is 22.8 Å². The number of aromatic carboxylic acids is 1. The molecule has 1 unspecified atom stereocenters. The first-order valence-corrected chi connectivity index (χ1v) is 5.88. The Morgan fingerprint density at radius 2 is 1.94 bits per heavy atom. The van der Waals surface area contributed by atoms with Crippen molar-refractivity contribution in [2.24, 2.45) is 0 Å². The van der Waals surface area contributed by atoms with Gasteiger partial charge in [0, 0.05) is 0 Å². The maximum atomic E-state index is 11.2. The van der Waals surface area contributed by atoms with E-state index >= 15 is 0 Å². The Labute approximate surface area is 107 Å². The second-order valence-corrected chi connectivity index (χ2v) is 5.09. The number of esters is 1. The maximum Gasteiger partial charge on any atom is 0.335 e. The zero-order chi connectivity index (χ0) is 12.1. The number of carboxylic acids is 1. The van der Waals surface area contributed by atoms with E-state index in [0.29, 0.717) is 0 Å². The minimum Gasteiger partial charge on any atom is -0.478 e. The molecule has 0 aromatic heterocycles. The standard InChI is InChI=1S/C11H11IO4/c1-7(12)11(15)16-6-8-2-4-9(5-3-8)10(13)14/h2-5,7H,6H2,1H3,(H,13,14). The number of carbonyl (C=O) groups excluding carboxylic acids is 1. The van der Waals surface area contributed by atoms with Gasteiger partial charge in [-0.05, 0) is 24.6 Å². The fraction of sp³-hybridized carbons (Fsp3) is 0.273. The van der Waals surface area contributed by atoms with Gasteiger partial charge in [0.15, 0.2) is 0 Å². The summed E-state index contributed by atoms with van der Waals surface area (Å²) in [7, 11) is 0. The molecule has 0 heterocycles. The number of carboxylic acid groups (broad SMARTS) is 1. The van der Waals surface area contributed by atoms with Gasteiger partial charge in [-0.1, -0.05) is 34.7 Å². The summed E-state index contributed by atoms with van der Waals surface area (Å²) >= 11 is 1.97. The van der Waals surface area contributed by atoms with Crippen molar-refractivity contribution in [2.75, 3.05) is 0 Å². The molecule has 0 fully saturated rings. The Balaban J connectivity index is 2.56. The molecule has 4 nitrogen and oxygen atoms in total. The molecule has 5 heteroatoms. The van der Waals surface area contributed by atoms with Gasteiger partial charge in [-0.25, -0.2) is 4.79 Å². The zero-order valence-electron chi connectivity index (χ0n) is 8.64. The fourth-order valence-electron chi connectivity index (χ4n) is 1.01. The van der Waals surface area contributed by atoms with Gasteiger partial charge in [0.1, 0.15) is 10.5 Å². The SMILES string of the molecule is CC(I)C(=O)OCc1ccc(C(=O)O)cc1. The summed E-state index contributed by atoms with van der Waals surface area (Å²) in [4.78, 5) is 21.7. The first-order chi connectivity index (χ1) is 7.50. The predicted molar refractivity (Wildman–Crippen MR) is 66.7 cm³/mol. The molecular formula is C11H11IO4. The topological polar surface area (TPSA) is 63.6 Å². The van der Waals surface area contributed by atoms with Crippen molar-refractivity contribution >= 4 is 34.5 Å². The van der Waals surface area contributed by atoms with Gasteiger partial charge < -0.3 is 9.84 Å². The van der Waals surface area contributed by atoms with Gasteiger partial charge in [-0.3, -0.25) is 4.79 Å². The van der Waals surface area contributed by atoms with Crippen LogP contribution >= 0.6 is 22.6 Å². The van der Waals surface area contributed by atoms with Gasteiger partial charge in [-0.15, -0.1) is 0 Å². The summed E-state index contributed by atoms with van der Waals surface area (Å²) < 4.78 is 4.81. The summed E-state index contributed by atoms with van der Waals surface area (Å²) in [5, 5.41) is 8.68. The summed E-state index contributed by atoms with van der Waals surface area (Å²) in [6.07, 6.45) is 0. The number of halogens is 1. The van der Waals surface area contributed by atoms with E-state index < -0.39 is 5.97 Å². The van der Waals surface area contributed by atoms with E-state index in [2.05, 4.69) is 0 Å². The minimum absolute atomic E-state index is 0.173. The van der Waals surface area contributed by atoms with Crippen LogP contribution in [0.4, 0.5) is 0 Å². The quantitative estimate of drug-likeness (QED) is 0.521. The molecule has 0 saturated carbocycles. The highest BCUT2D eigenvalue weighted by Gasteiger charge is 2.10. The van der Waals surface area contributed by atoms with Crippen LogP contribution in [0.25, 0.3) is 0 Å². The predicted octanol–water partition coefficient (Wildman–Crippen LogP) is 2.25. The molecule has 86 valence electrons. The van der Waals surface area contributed by atoms with Gasteiger partial charge in [0.2, 0.25) is 0 Å². The Morgan fingerprint density at radius 1 is 1.38 bits per heavy atom. The number of hydrogen-bond acceptors (Lipinski definition) is 3. The van der Waals surface area contributed by atoms with Gasteiger partial charge in [0.25, 0.3) is 0 Å². The Hall–Kier alpha value is -1.11. The van der Waals surface area contributed by atoms with E-state index in [1.807, 2.05) is 22.6 Å². The highest BCUT2D eigenvalue weighted by molar-refractivity contribution is 14.1. The molecule has 0 saturated heterocycles. The molecule has 1 rings (SSSR count). The number of carbonyl (C=O) groups is 2. The molecule has 0 aliphatic heterocycles. The number of ether oxygens (including phenoxy) is 1. The molecule has 1 atom stereocenters. The van der Waals surface area contributed by atoms with E-state index in [9.17, 15) is 9.59 Å². The summed E-state index contributed by atoms with van der Waals surface area (Å²) in [6, 6.07) is 6.24. The van der Waals surface area contributed by atoms with Crippen LogP contribution in [-0.4, -0.2) is 21.0 Å². The zero-order valence-corrected chi connectivity index (χ0v) is 10.8. The minimum atomic E-state index is -0.968. The second-order valence-electron chi connectivity index (χ2n) is 3.23. The Morgan fingerprint density at radius 3 is 2.38 bits per heavy atom.